The van der Waals surface area contributed by atoms with E-state index < -0.39 is 12.1 Å². The third-order valence-corrected chi connectivity index (χ3v) is 2.26. The van der Waals surface area contributed by atoms with E-state index in [1.807, 2.05) is 0 Å². The van der Waals surface area contributed by atoms with E-state index in [2.05, 4.69) is 0 Å². The van der Waals surface area contributed by atoms with Gasteiger partial charge >= 0.3 is 0 Å². The Bertz CT molecular complexity index is 401. The first-order valence-corrected chi connectivity index (χ1v) is 4.98. The zero-order valence-corrected chi connectivity index (χ0v) is 8.76. The average Bonchev–Trinajstić information content (AvgIpc) is 2.72. The van der Waals surface area contributed by atoms with Gasteiger partial charge < -0.3 is 24.1 Å². The summed E-state index contributed by atoms with van der Waals surface area (Å²) in [4.78, 5) is 10.7. The minimum atomic E-state index is -1.22. The fraction of sp³-hybridized carbons (Fsp3) is 0.364. The van der Waals surface area contributed by atoms with E-state index in [-0.39, 0.29) is 6.79 Å². The van der Waals surface area contributed by atoms with E-state index >= 15 is 0 Å². The molecule has 0 amide bonds. The highest BCUT2D eigenvalue weighted by Gasteiger charge is 2.15. The second kappa shape index (κ2) is 4.30. The highest BCUT2D eigenvalue weighted by molar-refractivity contribution is 5.70. The van der Waals surface area contributed by atoms with Crippen LogP contribution >= 0.6 is 0 Å². The van der Waals surface area contributed by atoms with Crippen molar-refractivity contribution in [1.29, 1.82) is 0 Å². The monoisotopic (exact) mass is 223 g/mol. The van der Waals surface area contributed by atoms with Gasteiger partial charge in [-0.2, -0.15) is 0 Å². The minimum absolute atomic E-state index is 0.177. The van der Waals surface area contributed by atoms with Crippen LogP contribution in [0.1, 0.15) is 13.3 Å². The molecule has 16 heavy (non-hydrogen) atoms. The van der Waals surface area contributed by atoms with Crippen LogP contribution in [-0.4, -0.2) is 18.9 Å². The number of rotatable bonds is 4. The Balaban J connectivity index is 2.13. The first-order chi connectivity index (χ1) is 7.70. The van der Waals surface area contributed by atoms with Crippen LogP contribution in [0.3, 0.4) is 0 Å². The van der Waals surface area contributed by atoms with Crippen molar-refractivity contribution in [2.75, 3.05) is 6.79 Å². The van der Waals surface area contributed by atoms with Crippen molar-refractivity contribution in [3.63, 3.8) is 0 Å². The summed E-state index contributed by atoms with van der Waals surface area (Å²) in [5.41, 5.74) is 0. The lowest BCUT2D eigenvalue weighted by Crippen LogP contribution is -2.39. The molecule has 0 spiro atoms. The van der Waals surface area contributed by atoms with Crippen molar-refractivity contribution in [1.82, 2.24) is 0 Å². The van der Waals surface area contributed by atoms with Crippen LogP contribution in [0.25, 0.3) is 0 Å². The van der Waals surface area contributed by atoms with Gasteiger partial charge in [-0.3, -0.25) is 0 Å². The van der Waals surface area contributed by atoms with Crippen molar-refractivity contribution in [3.8, 4) is 17.2 Å². The molecule has 2 rings (SSSR count). The number of ether oxygens (including phenoxy) is 3. The fourth-order valence-electron chi connectivity index (χ4n) is 1.41. The highest BCUT2D eigenvalue weighted by Crippen LogP contribution is 2.35. The molecule has 0 saturated heterocycles. The van der Waals surface area contributed by atoms with E-state index in [1.54, 1.807) is 25.1 Å². The molecule has 1 aliphatic heterocycles. The van der Waals surface area contributed by atoms with Crippen LogP contribution in [0.5, 0.6) is 17.2 Å². The summed E-state index contributed by atoms with van der Waals surface area (Å²) in [6.07, 6.45) is -0.600. The lowest BCUT2D eigenvalue weighted by atomic mass is 10.2. The molecule has 5 nitrogen and oxygen atoms in total. The van der Waals surface area contributed by atoms with Gasteiger partial charge in [0.1, 0.15) is 11.9 Å². The van der Waals surface area contributed by atoms with Crippen LogP contribution < -0.4 is 19.3 Å². The Morgan fingerprint density at radius 2 is 2.25 bits per heavy atom. The van der Waals surface area contributed by atoms with E-state index in [9.17, 15) is 9.90 Å². The van der Waals surface area contributed by atoms with E-state index in [0.29, 0.717) is 23.7 Å². The molecular weight excluding hydrogens is 212 g/mol. The average molecular weight is 223 g/mol. The Morgan fingerprint density at radius 1 is 1.50 bits per heavy atom. The molecule has 1 aliphatic rings. The van der Waals surface area contributed by atoms with Crippen LogP contribution in [0, 0.1) is 0 Å². The van der Waals surface area contributed by atoms with Gasteiger partial charge in [0.05, 0.1) is 5.97 Å². The van der Waals surface area contributed by atoms with Gasteiger partial charge in [0.15, 0.2) is 11.5 Å². The number of hydrogen-bond donors (Lipinski definition) is 0. The predicted molar refractivity (Wildman–Crippen MR) is 52.3 cm³/mol. The van der Waals surface area contributed by atoms with Crippen LogP contribution in [0.15, 0.2) is 18.2 Å². The molecule has 1 atom stereocenters. The molecule has 1 heterocycles. The molecule has 1 aromatic carbocycles. The molecule has 86 valence electrons. The SMILES string of the molecule is CC[C@@H](Oc1ccc2c(c1)OCO2)C(=O)[O-]. The summed E-state index contributed by atoms with van der Waals surface area (Å²) in [6.45, 7) is 1.89. The van der Waals surface area contributed by atoms with Crippen molar-refractivity contribution in [2.45, 2.75) is 19.4 Å². The van der Waals surface area contributed by atoms with Gasteiger partial charge in [0.2, 0.25) is 6.79 Å². The molecular formula is C11H11O5-. The number of carboxylic acids is 1. The Labute approximate surface area is 92.5 Å². The van der Waals surface area contributed by atoms with Crippen LogP contribution in [0.4, 0.5) is 0 Å². The van der Waals surface area contributed by atoms with Crippen molar-refractivity contribution < 1.29 is 24.1 Å². The van der Waals surface area contributed by atoms with Gasteiger partial charge in [0, 0.05) is 6.07 Å². The van der Waals surface area contributed by atoms with Crippen molar-refractivity contribution in [2.24, 2.45) is 0 Å². The number of hydrogen-bond acceptors (Lipinski definition) is 5. The first kappa shape index (κ1) is 10.6. The predicted octanol–water partition coefficient (Wildman–Crippen LogP) is 0.323. The van der Waals surface area contributed by atoms with E-state index in [4.69, 9.17) is 14.2 Å². The maximum Gasteiger partial charge on any atom is 0.231 e. The lowest BCUT2D eigenvalue weighted by molar-refractivity contribution is -0.313. The minimum Gasteiger partial charge on any atom is -0.546 e. The summed E-state index contributed by atoms with van der Waals surface area (Å²) in [7, 11) is 0. The Morgan fingerprint density at radius 3 is 2.94 bits per heavy atom. The normalized spacial score (nSPS) is 14.6. The Kier molecular flexibility index (Phi) is 2.85. The molecule has 0 unspecified atom stereocenters. The summed E-state index contributed by atoms with van der Waals surface area (Å²) in [5.74, 6) is 0.403. The standard InChI is InChI=1S/C11H12O5/c1-2-8(11(12)13)16-7-3-4-9-10(5-7)15-6-14-9/h3-5,8H,2,6H2,1H3,(H,12,13)/p-1/t8-/m1/s1. The molecule has 0 N–H and O–H groups in total. The van der Waals surface area contributed by atoms with Gasteiger partial charge in [-0.25, -0.2) is 0 Å². The van der Waals surface area contributed by atoms with Gasteiger partial charge in [-0.1, -0.05) is 6.92 Å². The summed E-state index contributed by atoms with van der Waals surface area (Å²) >= 11 is 0. The molecule has 0 saturated carbocycles. The largest absolute Gasteiger partial charge is 0.546 e. The van der Waals surface area contributed by atoms with Crippen LogP contribution in [0.2, 0.25) is 0 Å². The summed E-state index contributed by atoms with van der Waals surface area (Å²) in [5, 5.41) is 10.7. The number of fused-ring (bicyclic) bond motifs is 1. The molecule has 1 aromatic rings. The smallest absolute Gasteiger partial charge is 0.231 e. The quantitative estimate of drug-likeness (QED) is 0.735. The van der Waals surface area contributed by atoms with Gasteiger partial charge in [0.25, 0.3) is 0 Å². The zero-order chi connectivity index (χ0) is 11.5. The molecule has 0 fully saturated rings. The third-order valence-electron chi connectivity index (χ3n) is 2.26. The molecule has 0 aliphatic carbocycles. The fourth-order valence-corrected chi connectivity index (χ4v) is 1.41. The molecule has 0 bridgehead atoms. The maximum atomic E-state index is 10.7. The van der Waals surface area contributed by atoms with Gasteiger partial charge in [-0.15, -0.1) is 0 Å². The van der Waals surface area contributed by atoms with Gasteiger partial charge in [-0.05, 0) is 18.6 Å². The number of carbonyl (C=O) groups is 1. The third kappa shape index (κ3) is 2.03. The topological polar surface area (TPSA) is 67.8 Å². The lowest BCUT2D eigenvalue weighted by Gasteiger charge is -2.18. The molecule has 0 aromatic heterocycles. The molecule has 0 radical (unpaired) electrons. The molecule has 5 heteroatoms. The first-order valence-electron chi connectivity index (χ1n) is 4.98. The van der Waals surface area contributed by atoms with E-state index in [0.717, 1.165) is 0 Å². The maximum absolute atomic E-state index is 10.7. The summed E-state index contributed by atoms with van der Waals surface area (Å²) in [6, 6.07) is 4.92. The number of carboxylic acid groups (broad SMARTS) is 1. The summed E-state index contributed by atoms with van der Waals surface area (Å²) < 4.78 is 15.5. The van der Waals surface area contributed by atoms with E-state index in [1.165, 1.54) is 0 Å². The van der Waals surface area contributed by atoms with Crippen molar-refractivity contribution in [3.05, 3.63) is 18.2 Å². The zero-order valence-electron chi connectivity index (χ0n) is 8.76. The highest BCUT2D eigenvalue weighted by atomic mass is 16.7. The number of benzene rings is 1. The Hall–Kier alpha value is -1.91. The van der Waals surface area contributed by atoms with Crippen LogP contribution in [-0.2, 0) is 4.79 Å². The number of aliphatic carboxylic acids is 1. The second-order valence-electron chi connectivity index (χ2n) is 3.35. The number of carbonyl (C=O) groups excluding carboxylic acids is 1. The second-order valence-corrected chi connectivity index (χ2v) is 3.35. The van der Waals surface area contributed by atoms with Crippen molar-refractivity contribution >= 4 is 5.97 Å².